The third-order valence-corrected chi connectivity index (χ3v) is 3.50. The molecule has 0 radical (unpaired) electrons. The van der Waals surface area contributed by atoms with Crippen molar-refractivity contribution < 1.29 is 9.90 Å². The average molecular weight is 278 g/mol. The normalized spacial score (nSPS) is 14.2. The molecular formula is C14H18N2O2S. The summed E-state index contributed by atoms with van der Waals surface area (Å²) in [4.78, 5) is 14.7. The van der Waals surface area contributed by atoms with Crippen molar-refractivity contribution in [3.8, 4) is 5.75 Å². The number of aromatic hydroxyl groups is 1. The van der Waals surface area contributed by atoms with Crippen LogP contribution in [0.2, 0.25) is 0 Å². The molecule has 0 saturated heterocycles. The monoisotopic (exact) mass is 278 g/mol. The van der Waals surface area contributed by atoms with Gasteiger partial charge in [0.15, 0.2) is 0 Å². The Morgan fingerprint density at radius 1 is 1.53 bits per heavy atom. The van der Waals surface area contributed by atoms with Gasteiger partial charge in [-0.3, -0.25) is 4.79 Å². The molecule has 1 amide bonds. The van der Waals surface area contributed by atoms with Crippen LogP contribution in [0.1, 0.15) is 35.2 Å². The lowest BCUT2D eigenvalue weighted by atomic mass is 10.1. The summed E-state index contributed by atoms with van der Waals surface area (Å²) in [7, 11) is 0. The number of nitrogens with two attached hydrogens (primary N) is 1. The minimum absolute atomic E-state index is 0.0122. The fraction of sp³-hybridized carbons (Fsp3) is 0.429. The standard InChI is InChI=1S/C14H18N2O2S/c1-9-8-10(2-5-12(9)17)14(18)16(11-3-4-11)7-6-13(15)19/h2,5,8,11,17H,3-4,6-7H2,1H3,(H2,15,19). The number of hydrogen-bond acceptors (Lipinski definition) is 3. The van der Waals surface area contributed by atoms with Gasteiger partial charge in [-0.25, -0.2) is 0 Å². The van der Waals surface area contributed by atoms with Crippen molar-refractivity contribution in [2.45, 2.75) is 32.2 Å². The number of carbonyl (C=O) groups is 1. The van der Waals surface area contributed by atoms with Gasteiger partial charge in [-0.2, -0.15) is 0 Å². The van der Waals surface area contributed by atoms with E-state index in [1.165, 1.54) is 0 Å². The number of carbonyl (C=O) groups excluding carboxylic acids is 1. The van der Waals surface area contributed by atoms with Crippen LogP contribution >= 0.6 is 12.2 Å². The van der Waals surface area contributed by atoms with Crippen LogP contribution in [0.25, 0.3) is 0 Å². The topological polar surface area (TPSA) is 66.6 Å². The van der Waals surface area contributed by atoms with E-state index in [9.17, 15) is 9.90 Å². The second-order valence-corrected chi connectivity index (χ2v) is 5.47. The highest BCUT2D eigenvalue weighted by molar-refractivity contribution is 7.80. The molecular weight excluding hydrogens is 260 g/mol. The number of aryl methyl sites for hydroxylation is 1. The quantitative estimate of drug-likeness (QED) is 0.808. The Morgan fingerprint density at radius 3 is 2.74 bits per heavy atom. The average Bonchev–Trinajstić information content (AvgIpc) is 3.16. The molecule has 1 fully saturated rings. The number of amides is 1. The van der Waals surface area contributed by atoms with Crippen LogP contribution in [0, 0.1) is 6.92 Å². The Labute approximate surface area is 118 Å². The Balaban J connectivity index is 2.14. The largest absolute Gasteiger partial charge is 0.508 e. The Bertz CT molecular complexity index is 512. The first-order valence-electron chi connectivity index (χ1n) is 6.38. The van der Waals surface area contributed by atoms with Crippen molar-refractivity contribution in [3.63, 3.8) is 0 Å². The van der Waals surface area contributed by atoms with Crippen molar-refractivity contribution in [1.29, 1.82) is 0 Å². The van der Waals surface area contributed by atoms with Gasteiger partial charge in [0.05, 0.1) is 4.99 Å². The third-order valence-electron chi connectivity index (χ3n) is 3.29. The maximum atomic E-state index is 12.5. The number of nitrogens with zero attached hydrogens (tertiary/aromatic N) is 1. The van der Waals surface area contributed by atoms with Gasteiger partial charge < -0.3 is 15.7 Å². The molecule has 0 unspecified atom stereocenters. The maximum Gasteiger partial charge on any atom is 0.254 e. The van der Waals surface area contributed by atoms with Crippen LogP contribution in [0.15, 0.2) is 18.2 Å². The van der Waals surface area contributed by atoms with Crippen LogP contribution in [-0.2, 0) is 0 Å². The second kappa shape index (κ2) is 5.57. The van der Waals surface area contributed by atoms with Crippen molar-refractivity contribution in [2.24, 2.45) is 5.73 Å². The molecule has 1 saturated carbocycles. The molecule has 1 aliphatic carbocycles. The number of benzene rings is 1. The summed E-state index contributed by atoms with van der Waals surface area (Å²) in [5.41, 5.74) is 6.81. The van der Waals surface area contributed by atoms with E-state index < -0.39 is 0 Å². The van der Waals surface area contributed by atoms with Gasteiger partial charge >= 0.3 is 0 Å². The van der Waals surface area contributed by atoms with Crippen LogP contribution in [0.5, 0.6) is 5.75 Å². The Morgan fingerprint density at radius 2 is 2.21 bits per heavy atom. The molecule has 1 aromatic rings. The van der Waals surface area contributed by atoms with E-state index in [1.54, 1.807) is 25.1 Å². The number of hydrogen-bond donors (Lipinski definition) is 2. The fourth-order valence-corrected chi connectivity index (χ4v) is 2.11. The number of rotatable bonds is 5. The molecule has 1 aliphatic rings. The Hall–Kier alpha value is -1.62. The fourth-order valence-electron chi connectivity index (χ4n) is 2.02. The smallest absolute Gasteiger partial charge is 0.254 e. The van der Waals surface area contributed by atoms with E-state index in [0.717, 1.165) is 12.8 Å². The molecule has 1 aromatic carbocycles. The van der Waals surface area contributed by atoms with Crippen molar-refractivity contribution >= 4 is 23.1 Å². The molecule has 0 aliphatic heterocycles. The number of phenols is 1. The van der Waals surface area contributed by atoms with E-state index >= 15 is 0 Å². The summed E-state index contributed by atoms with van der Waals surface area (Å²) in [6.45, 7) is 2.35. The zero-order chi connectivity index (χ0) is 14.0. The summed E-state index contributed by atoms with van der Waals surface area (Å²) in [5.74, 6) is 0.194. The van der Waals surface area contributed by atoms with Gasteiger partial charge in [-0.05, 0) is 43.5 Å². The van der Waals surface area contributed by atoms with Crippen molar-refractivity contribution in [3.05, 3.63) is 29.3 Å². The molecule has 0 heterocycles. The van der Waals surface area contributed by atoms with Crippen LogP contribution in [-0.4, -0.2) is 33.5 Å². The van der Waals surface area contributed by atoms with Crippen molar-refractivity contribution in [1.82, 2.24) is 4.90 Å². The molecule has 4 nitrogen and oxygen atoms in total. The molecule has 19 heavy (non-hydrogen) atoms. The molecule has 2 rings (SSSR count). The minimum Gasteiger partial charge on any atom is -0.508 e. The second-order valence-electron chi connectivity index (χ2n) is 4.95. The van der Waals surface area contributed by atoms with Gasteiger partial charge in [-0.15, -0.1) is 0 Å². The SMILES string of the molecule is Cc1cc(C(=O)N(CCC(N)=S)C2CC2)ccc1O. The van der Waals surface area contributed by atoms with Crippen LogP contribution < -0.4 is 5.73 Å². The molecule has 5 heteroatoms. The van der Waals surface area contributed by atoms with Crippen molar-refractivity contribution in [2.75, 3.05) is 6.54 Å². The van der Waals surface area contributed by atoms with E-state index in [1.807, 2.05) is 4.90 Å². The van der Waals surface area contributed by atoms with E-state index in [-0.39, 0.29) is 11.7 Å². The third kappa shape index (κ3) is 3.44. The first-order chi connectivity index (χ1) is 8.99. The zero-order valence-electron chi connectivity index (χ0n) is 10.9. The molecule has 0 spiro atoms. The predicted octanol–water partition coefficient (Wildman–Crippen LogP) is 1.98. The summed E-state index contributed by atoms with van der Waals surface area (Å²) in [6, 6.07) is 5.24. The molecule has 102 valence electrons. The number of phenolic OH excluding ortho intramolecular Hbond substituents is 1. The first-order valence-corrected chi connectivity index (χ1v) is 6.78. The molecule has 0 bridgehead atoms. The van der Waals surface area contributed by atoms with E-state index in [4.69, 9.17) is 18.0 Å². The van der Waals surface area contributed by atoms with Gasteiger partial charge in [0, 0.05) is 24.6 Å². The summed E-state index contributed by atoms with van der Waals surface area (Å²) >= 11 is 4.87. The highest BCUT2D eigenvalue weighted by Gasteiger charge is 2.32. The molecule has 0 aromatic heterocycles. The number of thiocarbonyl (C=S) groups is 1. The molecule has 0 atom stereocenters. The first kappa shape index (κ1) is 13.8. The highest BCUT2D eigenvalue weighted by Crippen LogP contribution is 2.29. The lowest BCUT2D eigenvalue weighted by molar-refractivity contribution is 0.0748. The summed E-state index contributed by atoms with van der Waals surface area (Å²) < 4.78 is 0. The van der Waals surface area contributed by atoms with E-state index in [2.05, 4.69) is 0 Å². The maximum absolute atomic E-state index is 12.5. The molecule has 3 N–H and O–H groups in total. The lowest BCUT2D eigenvalue weighted by Crippen LogP contribution is -2.35. The van der Waals surface area contributed by atoms with Crippen LogP contribution in [0.4, 0.5) is 0 Å². The highest BCUT2D eigenvalue weighted by atomic mass is 32.1. The van der Waals surface area contributed by atoms with Gasteiger partial charge in [0.25, 0.3) is 5.91 Å². The zero-order valence-corrected chi connectivity index (χ0v) is 11.7. The van der Waals surface area contributed by atoms with Gasteiger partial charge in [-0.1, -0.05) is 12.2 Å². The lowest BCUT2D eigenvalue weighted by Gasteiger charge is -2.22. The minimum atomic E-state index is -0.0122. The Kier molecular flexibility index (Phi) is 4.04. The summed E-state index contributed by atoms with van der Waals surface area (Å²) in [5, 5.41) is 9.50. The van der Waals surface area contributed by atoms with Crippen LogP contribution in [0.3, 0.4) is 0 Å². The summed E-state index contributed by atoms with van der Waals surface area (Å²) in [6.07, 6.45) is 2.63. The van der Waals surface area contributed by atoms with Gasteiger partial charge in [0.1, 0.15) is 5.75 Å². The predicted molar refractivity (Wildman–Crippen MR) is 78.3 cm³/mol. The van der Waals surface area contributed by atoms with Gasteiger partial charge in [0.2, 0.25) is 0 Å². The van der Waals surface area contributed by atoms with E-state index in [0.29, 0.717) is 35.1 Å².